The Balaban J connectivity index is 3.37. The lowest BCUT2D eigenvalue weighted by Crippen LogP contribution is -2.08. The lowest BCUT2D eigenvalue weighted by Gasteiger charge is -2.06. The van der Waals surface area contributed by atoms with Gasteiger partial charge < -0.3 is 9.84 Å². The van der Waals surface area contributed by atoms with E-state index in [2.05, 4.69) is 4.74 Å². The molecule has 0 aliphatic carbocycles. The molecule has 0 atom stereocenters. The van der Waals surface area contributed by atoms with E-state index in [1.165, 1.54) is 6.92 Å². The molecule has 0 fully saturated rings. The molecule has 0 radical (unpaired) electrons. The minimum absolute atomic E-state index is 0.0742. The van der Waals surface area contributed by atoms with Gasteiger partial charge in [0.05, 0.1) is 18.2 Å². The van der Waals surface area contributed by atoms with Gasteiger partial charge in [-0.3, -0.25) is 0 Å². The average Bonchev–Trinajstić information content (AvgIpc) is 2.20. The summed E-state index contributed by atoms with van der Waals surface area (Å²) >= 11 is 0. The summed E-state index contributed by atoms with van der Waals surface area (Å²) in [6.07, 6.45) is 0. The van der Waals surface area contributed by atoms with Gasteiger partial charge in [0.25, 0.3) is 0 Å². The van der Waals surface area contributed by atoms with Gasteiger partial charge in [-0.1, -0.05) is 0 Å². The fourth-order valence-corrected chi connectivity index (χ4v) is 1.12. The molecular formula is C10H9FO4. The van der Waals surface area contributed by atoms with Crippen LogP contribution >= 0.6 is 0 Å². The van der Waals surface area contributed by atoms with Crippen LogP contribution in [0.5, 0.6) is 0 Å². The van der Waals surface area contributed by atoms with Crippen LogP contribution in [-0.4, -0.2) is 24.2 Å². The molecular weight excluding hydrogens is 203 g/mol. The normalized spacial score (nSPS) is 9.80. The first-order valence-electron chi connectivity index (χ1n) is 4.09. The van der Waals surface area contributed by atoms with E-state index in [0.717, 1.165) is 19.2 Å². The van der Waals surface area contributed by atoms with E-state index in [1.54, 1.807) is 0 Å². The molecule has 5 heteroatoms. The molecule has 1 N–H and O–H groups in total. The number of hydrogen-bond acceptors (Lipinski definition) is 3. The maximum atomic E-state index is 13.2. The molecule has 15 heavy (non-hydrogen) atoms. The Kier molecular flexibility index (Phi) is 3.04. The van der Waals surface area contributed by atoms with Gasteiger partial charge in [0.15, 0.2) is 0 Å². The van der Waals surface area contributed by atoms with E-state index in [1.807, 2.05) is 0 Å². The molecule has 1 aromatic rings. The van der Waals surface area contributed by atoms with E-state index in [4.69, 9.17) is 5.11 Å². The number of methoxy groups -OCH3 is 1. The molecule has 0 aliphatic rings. The molecule has 0 unspecified atom stereocenters. The van der Waals surface area contributed by atoms with Crippen molar-refractivity contribution in [2.45, 2.75) is 6.92 Å². The number of carboxylic acid groups (broad SMARTS) is 1. The van der Waals surface area contributed by atoms with Crippen molar-refractivity contribution in [3.05, 3.63) is 34.6 Å². The van der Waals surface area contributed by atoms with Crippen LogP contribution < -0.4 is 0 Å². The monoisotopic (exact) mass is 212 g/mol. The van der Waals surface area contributed by atoms with Crippen LogP contribution in [0.1, 0.15) is 26.3 Å². The summed E-state index contributed by atoms with van der Waals surface area (Å²) < 4.78 is 17.6. The molecule has 0 saturated heterocycles. The summed E-state index contributed by atoms with van der Waals surface area (Å²) in [6, 6.07) is 1.96. The molecule has 0 aliphatic heterocycles. The van der Waals surface area contributed by atoms with Crippen LogP contribution in [0.2, 0.25) is 0 Å². The highest BCUT2D eigenvalue weighted by Gasteiger charge is 2.16. The third kappa shape index (κ3) is 2.12. The highest BCUT2D eigenvalue weighted by Crippen LogP contribution is 2.16. The first-order valence-corrected chi connectivity index (χ1v) is 4.09. The van der Waals surface area contributed by atoms with Gasteiger partial charge in [-0.25, -0.2) is 14.0 Å². The summed E-state index contributed by atoms with van der Waals surface area (Å²) in [4.78, 5) is 21.8. The largest absolute Gasteiger partial charge is 0.478 e. The van der Waals surface area contributed by atoms with Gasteiger partial charge in [0.2, 0.25) is 0 Å². The zero-order chi connectivity index (χ0) is 11.6. The van der Waals surface area contributed by atoms with Crippen molar-refractivity contribution in [3.8, 4) is 0 Å². The Hall–Kier alpha value is -1.91. The molecule has 0 heterocycles. The molecule has 0 saturated carbocycles. The second-order valence-corrected chi connectivity index (χ2v) is 2.93. The molecule has 80 valence electrons. The standard InChI is InChI=1S/C10H9FO4/c1-5-7(10(14)15-2)3-6(9(12)13)4-8(5)11/h3-4H,1-2H3,(H,12,13). The van der Waals surface area contributed by atoms with Crippen molar-refractivity contribution < 1.29 is 23.8 Å². The van der Waals surface area contributed by atoms with Crippen molar-refractivity contribution in [2.75, 3.05) is 7.11 Å². The van der Waals surface area contributed by atoms with Crippen molar-refractivity contribution in [3.63, 3.8) is 0 Å². The maximum Gasteiger partial charge on any atom is 0.338 e. The minimum Gasteiger partial charge on any atom is -0.478 e. The number of benzene rings is 1. The van der Waals surface area contributed by atoms with Crippen LogP contribution in [0.3, 0.4) is 0 Å². The number of carboxylic acids is 1. The van der Waals surface area contributed by atoms with Crippen LogP contribution in [0, 0.1) is 12.7 Å². The maximum absolute atomic E-state index is 13.2. The number of ether oxygens (including phenoxy) is 1. The van der Waals surface area contributed by atoms with Crippen molar-refractivity contribution in [1.82, 2.24) is 0 Å². The van der Waals surface area contributed by atoms with Gasteiger partial charge >= 0.3 is 11.9 Å². The van der Waals surface area contributed by atoms with E-state index < -0.39 is 17.8 Å². The van der Waals surface area contributed by atoms with Crippen LogP contribution in [0.15, 0.2) is 12.1 Å². The zero-order valence-electron chi connectivity index (χ0n) is 8.20. The predicted molar refractivity (Wildman–Crippen MR) is 49.4 cm³/mol. The number of carbonyl (C=O) groups is 2. The van der Waals surface area contributed by atoms with Crippen molar-refractivity contribution >= 4 is 11.9 Å². The van der Waals surface area contributed by atoms with Gasteiger partial charge in [-0.2, -0.15) is 0 Å². The number of esters is 1. The van der Waals surface area contributed by atoms with E-state index in [9.17, 15) is 14.0 Å². The molecule has 0 bridgehead atoms. The Labute approximate surface area is 85.3 Å². The van der Waals surface area contributed by atoms with Crippen molar-refractivity contribution in [1.29, 1.82) is 0 Å². The van der Waals surface area contributed by atoms with E-state index in [0.29, 0.717) is 0 Å². The predicted octanol–water partition coefficient (Wildman–Crippen LogP) is 1.62. The van der Waals surface area contributed by atoms with Gasteiger partial charge in [-0.15, -0.1) is 0 Å². The Bertz CT molecular complexity index is 426. The van der Waals surface area contributed by atoms with Gasteiger partial charge in [0.1, 0.15) is 5.82 Å². The highest BCUT2D eigenvalue weighted by atomic mass is 19.1. The number of hydrogen-bond donors (Lipinski definition) is 1. The smallest absolute Gasteiger partial charge is 0.338 e. The van der Waals surface area contributed by atoms with Crippen LogP contribution in [0.25, 0.3) is 0 Å². The third-order valence-electron chi connectivity index (χ3n) is 2.00. The quantitative estimate of drug-likeness (QED) is 0.756. The summed E-state index contributed by atoms with van der Waals surface area (Å²) in [5, 5.41) is 8.66. The number of aromatic carboxylic acids is 1. The third-order valence-corrected chi connectivity index (χ3v) is 2.00. The molecule has 1 rings (SSSR count). The topological polar surface area (TPSA) is 63.6 Å². The molecule has 1 aromatic carbocycles. The van der Waals surface area contributed by atoms with Crippen LogP contribution in [0.4, 0.5) is 4.39 Å². The van der Waals surface area contributed by atoms with Crippen LogP contribution in [-0.2, 0) is 4.74 Å². The summed E-state index contributed by atoms with van der Waals surface area (Å²) in [5.41, 5.74) is -0.278. The average molecular weight is 212 g/mol. The first-order chi connectivity index (χ1) is 6.97. The minimum atomic E-state index is -1.29. The second-order valence-electron chi connectivity index (χ2n) is 2.93. The Morgan fingerprint density at radius 3 is 2.47 bits per heavy atom. The Morgan fingerprint density at radius 2 is 2.00 bits per heavy atom. The Morgan fingerprint density at radius 1 is 1.40 bits per heavy atom. The number of halogens is 1. The SMILES string of the molecule is COC(=O)c1cc(C(=O)O)cc(F)c1C. The van der Waals surface area contributed by atoms with Gasteiger partial charge in [0, 0.05) is 0 Å². The summed E-state index contributed by atoms with van der Waals surface area (Å²) in [6.45, 7) is 1.38. The fourth-order valence-electron chi connectivity index (χ4n) is 1.12. The van der Waals surface area contributed by atoms with E-state index in [-0.39, 0.29) is 16.7 Å². The molecule has 4 nitrogen and oxygen atoms in total. The number of rotatable bonds is 2. The molecule has 0 spiro atoms. The number of carbonyl (C=O) groups excluding carboxylic acids is 1. The molecule has 0 aromatic heterocycles. The zero-order valence-corrected chi connectivity index (χ0v) is 8.20. The lowest BCUT2D eigenvalue weighted by atomic mass is 10.0. The highest BCUT2D eigenvalue weighted by molar-refractivity contribution is 5.95. The van der Waals surface area contributed by atoms with Crippen molar-refractivity contribution in [2.24, 2.45) is 0 Å². The first kappa shape index (κ1) is 11.2. The van der Waals surface area contributed by atoms with E-state index >= 15 is 0 Å². The fraction of sp³-hybridized carbons (Fsp3) is 0.200. The molecule has 0 amide bonds. The van der Waals surface area contributed by atoms with Gasteiger partial charge in [-0.05, 0) is 24.6 Å². The lowest BCUT2D eigenvalue weighted by molar-refractivity contribution is 0.0599. The summed E-state index contributed by atoms with van der Waals surface area (Å²) in [7, 11) is 1.15. The second kappa shape index (κ2) is 4.08. The summed E-state index contributed by atoms with van der Waals surface area (Å²) in [5.74, 6) is -2.79.